The SMILES string of the molecule is O=C(CCN1C(=O)[C@H]2CC=CC[C@@H]2C1=O)Nc1ccccc1Br. The molecule has 2 atom stereocenters. The van der Waals surface area contributed by atoms with Gasteiger partial charge in [-0.3, -0.25) is 19.3 Å². The highest BCUT2D eigenvalue weighted by Crippen LogP contribution is 2.35. The van der Waals surface area contributed by atoms with Crippen molar-refractivity contribution in [1.29, 1.82) is 0 Å². The van der Waals surface area contributed by atoms with Crippen molar-refractivity contribution in [3.05, 3.63) is 40.9 Å². The third-order valence-corrected chi connectivity index (χ3v) is 5.00. The molecule has 0 aromatic heterocycles. The third-order valence-electron chi connectivity index (χ3n) is 4.31. The van der Waals surface area contributed by atoms with Crippen LogP contribution in [-0.4, -0.2) is 29.2 Å². The van der Waals surface area contributed by atoms with Crippen molar-refractivity contribution in [2.24, 2.45) is 11.8 Å². The maximum atomic E-state index is 12.3. The number of imide groups is 1. The highest BCUT2D eigenvalue weighted by atomic mass is 79.9. The van der Waals surface area contributed by atoms with Gasteiger partial charge in [0.25, 0.3) is 0 Å². The summed E-state index contributed by atoms with van der Waals surface area (Å²) in [6.07, 6.45) is 5.25. The van der Waals surface area contributed by atoms with E-state index in [1.54, 1.807) is 6.07 Å². The molecule has 1 saturated heterocycles. The maximum Gasteiger partial charge on any atom is 0.233 e. The number of likely N-dealkylation sites (tertiary alicyclic amines) is 1. The number of hydrogen-bond donors (Lipinski definition) is 1. The Morgan fingerprint density at radius 1 is 1.13 bits per heavy atom. The number of allylic oxidation sites excluding steroid dienone is 2. The van der Waals surface area contributed by atoms with E-state index in [4.69, 9.17) is 0 Å². The Kier molecular flexibility index (Phi) is 4.61. The van der Waals surface area contributed by atoms with Gasteiger partial charge in [-0.1, -0.05) is 24.3 Å². The Morgan fingerprint density at radius 3 is 2.35 bits per heavy atom. The quantitative estimate of drug-likeness (QED) is 0.648. The van der Waals surface area contributed by atoms with Crippen molar-refractivity contribution < 1.29 is 14.4 Å². The van der Waals surface area contributed by atoms with Crippen LogP contribution in [0, 0.1) is 11.8 Å². The van der Waals surface area contributed by atoms with Crippen molar-refractivity contribution >= 4 is 39.3 Å². The van der Waals surface area contributed by atoms with Crippen LogP contribution >= 0.6 is 15.9 Å². The fourth-order valence-corrected chi connectivity index (χ4v) is 3.46. The van der Waals surface area contributed by atoms with E-state index < -0.39 is 0 Å². The first-order chi connectivity index (χ1) is 11.1. The molecule has 0 spiro atoms. The van der Waals surface area contributed by atoms with Gasteiger partial charge in [0.1, 0.15) is 0 Å². The monoisotopic (exact) mass is 376 g/mol. The van der Waals surface area contributed by atoms with Crippen molar-refractivity contribution in [2.75, 3.05) is 11.9 Å². The third kappa shape index (κ3) is 3.22. The standard InChI is InChI=1S/C17H17BrN2O3/c18-13-7-3-4-8-14(13)19-15(21)9-10-20-16(22)11-5-1-2-6-12(11)17(20)23/h1-4,7-8,11-12H,5-6,9-10H2,(H,19,21)/t11-,12-/m0/s1. The van der Waals surface area contributed by atoms with E-state index in [-0.39, 0.29) is 42.5 Å². The van der Waals surface area contributed by atoms with Gasteiger partial charge in [-0.25, -0.2) is 0 Å². The van der Waals surface area contributed by atoms with Crippen LogP contribution in [0.5, 0.6) is 0 Å². The van der Waals surface area contributed by atoms with Crippen molar-refractivity contribution in [2.45, 2.75) is 19.3 Å². The van der Waals surface area contributed by atoms with E-state index in [0.29, 0.717) is 18.5 Å². The Labute approximate surface area is 142 Å². The lowest BCUT2D eigenvalue weighted by atomic mass is 9.85. The van der Waals surface area contributed by atoms with Gasteiger partial charge in [0.2, 0.25) is 17.7 Å². The number of nitrogens with one attached hydrogen (secondary N) is 1. The van der Waals surface area contributed by atoms with Gasteiger partial charge >= 0.3 is 0 Å². The first-order valence-corrected chi connectivity index (χ1v) is 8.42. The lowest BCUT2D eigenvalue weighted by Crippen LogP contribution is -2.34. The molecule has 3 rings (SSSR count). The van der Waals surface area contributed by atoms with Crippen LogP contribution in [0.15, 0.2) is 40.9 Å². The number of hydrogen-bond acceptors (Lipinski definition) is 3. The smallest absolute Gasteiger partial charge is 0.233 e. The molecule has 2 aliphatic rings. The molecular weight excluding hydrogens is 360 g/mol. The van der Waals surface area contributed by atoms with Crippen LogP contribution < -0.4 is 5.32 Å². The van der Waals surface area contributed by atoms with E-state index in [0.717, 1.165) is 4.47 Å². The maximum absolute atomic E-state index is 12.3. The summed E-state index contributed by atoms with van der Waals surface area (Å²) >= 11 is 3.36. The molecule has 3 amide bonds. The first-order valence-electron chi connectivity index (χ1n) is 7.62. The van der Waals surface area contributed by atoms with Crippen LogP contribution in [0.25, 0.3) is 0 Å². The van der Waals surface area contributed by atoms with Crippen LogP contribution in [0.2, 0.25) is 0 Å². The van der Waals surface area contributed by atoms with E-state index in [1.165, 1.54) is 4.90 Å². The topological polar surface area (TPSA) is 66.5 Å². The molecular formula is C17H17BrN2O3. The summed E-state index contributed by atoms with van der Waals surface area (Å²) in [6.45, 7) is 0.140. The molecule has 1 N–H and O–H groups in total. The lowest BCUT2D eigenvalue weighted by molar-refractivity contribution is -0.140. The van der Waals surface area contributed by atoms with Crippen molar-refractivity contribution in [3.63, 3.8) is 0 Å². The fraction of sp³-hybridized carbons (Fsp3) is 0.353. The zero-order valence-corrected chi connectivity index (χ0v) is 14.1. The predicted octanol–water partition coefficient (Wildman–Crippen LogP) is 2.73. The van der Waals surface area contributed by atoms with Gasteiger partial charge in [-0.15, -0.1) is 0 Å². The van der Waals surface area contributed by atoms with E-state index in [1.807, 2.05) is 30.4 Å². The largest absolute Gasteiger partial charge is 0.325 e. The minimum Gasteiger partial charge on any atom is -0.325 e. The number of carbonyl (C=O) groups excluding carboxylic acids is 3. The number of amides is 3. The van der Waals surface area contributed by atoms with Crippen LogP contribution in [0.1, 0.15) is 19.3 Å². The Balaban J connectivity index is 1.58. The highest BCUT2D eigenvalue weighted by Gasteiger charge is 2.46. The molecule has 0 bridgehead atoms. The van der Waals surface area contributed by atoms with Crippen molar-refractivity contribution in [1.82, 2.24) is 4.90 Å². The molecule has 1 aromatic carbocycles. The first kappa shape index (κ1) is 15.9. The normalized spacial score (nSPS) is 23.1. The minimum absolute atomic E-state index is 0.103. The summed E-state index contributed by atoms with van der Waals surface area (Å²) in [5, 5.41) is 2.78. The second kappa shape index (κ2) is 6.66. The highest BCUT2D eigenvalue weighted by molar-refractivity contribution is 9.10. The van der Waals surface area contributed by atoms with Crippen LogP contribution in [0.4, 0.5) is 5.69 Å². The summed E-state index contributed by atoms with van der Waals surface area (Å²) in [7, 11) is 0. The number of halogens is 1. The second-order valence-electron chi connectivity index (χ2n) is 5.76. The molecule has 1 aromatic rings. The van der Waals surface area contributed by atoms with Gasteiger partial charge in [-0.2, -0.15) is 0 Å². The Morgan fingerprint density at radius 2 is 1.74 bits per heavy atom. The minimum atomic E-state index is -0.237. The Bertz CT molecular complexity index is 660. The molecule has 0 saturated carbocycles. The number of para-hydroxylation sites is 1. The zero-order chi connectivity index (χ0) is 16.4. The molecule has 5 nitrogen and oxygen atoms in total. The van der Waals surface area contributed by atoms with Crippen LogP contribution in [-0.2, 0) is 14.4 Å². The van der Waals surface area contributed by atoms with Gasteiger partial charge in [0, 0.05) is 17.4 Å². The molecule has 6 heteroatoms. The van der Waals surface area contributed by atoms with Gasteiger partial charge in [-0.05, 0) is 40.9 Å². The second-order valence-corrected chi connectivity index (χ2v) is 6.62. The number of anilines is 1. The molecule has 23 heavy (non-hydrogen) atoms. The van der Waals surface area contributed by atoms with E-state index in [2.05, 4.69) is 21.2 Å². The summed E-state index contributed by atoms with van der Waals surface area (Å²) < 4.78 is 0.791. The molecule has 1 aliphatic heterocycles. The van der Waals surface area contributed by atoms with Gasteiger partial charge in [0.15, 0.2) is 0 Å². The van der Waals surface area contributed by atoms with Crippen LogP contribution in [0.3, 0.4) is 0 Å². The zero-order valence-electron chi connectivity index (χ0n) is 12.5. The number of carbonyl (C=O) groups is 3. The fourth-order valence-electron chi connectivity index (χ4n) is 3.08. The number of fused-ring (bicyclic) bond motifs is 1. The molecule has 0 unspecified atom stereocenters. The number of rotatable bonds is 4. The summed E-state index contributed by atoms with van der Waals surface area (Å²) in [5.41, 5.74) is 0.675. The molecule has 1 heterocycles. The summed E-state index contributed by atoms with van der Waals surface area (Å²) in [4.78, 5) is 37.9. The number of nitrogens with zero attached hydrogens (tertiary/aromatic N) is 1. The van der Waals surface area contributed by atoms with E-state index in [9.17, 15) is 14.4 Å². The predicted molar refractivity (Wildman–Crippen MR) is 89.5 cm³/mol. The Hall–Kier alpha value is -1.95. The average Bonchev–Trinajstić information content (AvgIpc) is 2.80. The van der Waals surface area contributed by atoms with Gasteiger partial charge in [0.05, 0.1) is 17.5 Å². The molecule has 120 valence electrons. The summed E-state index contributed by atoms with van der Waals surface area (Å²) in [6, 6.07) is 7.30. The van der Waals surface area contributed by atoms with Crippen molar-refractivity contribution in [3.8, 4) is 0 Å². The number of benzene rings is 1. The summed E-state index contributed by atoms with van der Waals surface area (Å²) in [5.74, 6) is -0.973. The average molecular weight is 377 g/mol. The molecule has 1 aliphatic carbocycles. The van der Waals surface area contributed by atoms with Gasteiger partial charge < -0.3 is 5.32 Å². The van der Waals surface area contributed by atoms with E-state index >= 15 is 0 Å². The molecule has 1 fully saturated rings. The lowest BCUT2D eigenvalue weighted by Gasteiger charge is -2.14. The molecule has 0 radical (unpaired) electrons.